The Labute approximate surface area is 128 Å². The van der Waals surface area contributed by atoms with Gasteiger partial charge in [0, 0.05) is 37.1 Å². The Balaban J connectivity index is 1.69. The molecule has 1 aliphatic heterocycles. The zero-order valence-electron chi connectivity index (χ0n) is 12.2. The minimum Gasteiger partial charge on any atom is -0.464 e. The number of nitrogens with zero attached hydrogens (tertiary/aromatic N) is 1. The summed E-state index contributed by atoms with van der Waals surface area (Å²) >= 11 is 0. The molecule has 0 spiro atoms. The zero-order valence-corrected chi connectivity index (χ0v) is 12.2. The van der Waals surface area contributed by atoms with Crippen LogP contribution in [0.15, 0.2) is 39.7 Å². The number of Topliss-reactive ketones (excluding diaryl/α,β-unsaturated/α-hetero) is 1. The number of hydrogen-bond acceptors (Lipinski definition) is 4. The lowest BCUT2D eigenvalue weighted by Gasteiger charge is -2.14. The summed E-state index contributed by atoms with van der Waals surface area (Å²) < 4.78 is 5.25. The Morgan fingerprint density at radius 3 is 3.05 bits per heavy atom. The summed E-state index contributed by atoms with van der Waals surface area (Å²) in [6.45, 7) is 2.52. The molecule has 1 atom stereocenters. The second-order valence-electron chi connectivity index (χ2n) is 5.62. The van der Waals surface area contributed by atoms with Gasteiger partial charge in [0.1, 0.15) is 5.58 Å². The van der Waals surface area contributed by atoms with Gasteiger partial charge in [0.05, 0.1) is 11.6 Å². The van der Waals surface area contributed by atoms with E-state index in [0.29, 0.717) is 35.4 Å². The first kappa shape index (κ1) is 14.6. The van der Waals surface area contributed by atoms with Crippen molar-refractivity contribution in [3.63, 3.8) is 0 Å². The lowest BCUT2D eigenvalue weighted by atomic mass is 10.1. The molecule has 0 aliphatic carbocycles. The average molecular weight is 295 g/mol. The largest absolute Gasteiger partial charge is 0.464 e. The van der Waals surface area contributed by atoms with Crippen LogP contribution in [0.25, 0.3) is 11.0 Å². The van der Waals surface area contributed by atoms with Gasteiger partial charge in [-0.05, 0) is 31.2 Å². The summed E-state index contributed by atoms with van der Waals surface area (Å²) in [6, 6.07) is 6.37. The van der Waals surface area contributed by atoms with Crippen LogP contribution in [0.5, 0.6) is 0 Å². The molecule has 0 radical (unpaired) electrons. The Morgan fingerprint density at radius 2 is 2.27 bits per heavy atom. The van der Waals surface area contributed by atoms with Crippen LogP contribution in [-0.2, 0) is 0 Å². The van der Waals surface area contributed by atoms with Crippen molar-refractivity contribution in [3.05, 3.63) is 46.3 Å². The SMILES string of the molecule is C#CC1CCN(CCC(=O)c2ccc3occc(=O)c3c2)C1. The van der Waals surface area contributed by atoms with Gasteiger partial charge in [-0.15, -0.1) is 12.3 Å². The molecule has 0 saturated carbocycles. The number of fused-ring (bicyclic) bond motifs is 1. The highest BCUT2D eigenvalue weighted by Gasteiger charge is 2.21. The third-order valence-corrected chi connectivity index (χ3v) is 4.14. The Morgan fingerprint density at radius 1 is 1.41 bits per heavy atom. The molecule has 3 rings (SSSR count). The maximum atomic E-state index is 12.3. The highest BCUT2D eigenvalue weighted by molar-refractivity contribution is 5.99. The number of hydrogen-bond donors (Lipinski definition) is 0. The number of rotatable bonds is 4. The lowest BCUT2D eigenvalue weighted by molar-refractivity contribution is 0.0968. The maximum absolute atomic E-state index is 12.3. The van der Waals surface area contributed by atoms with Gasteiger partial charge in [-0.3, -0.25) is 9.59 Å². The van der Waals surface area contributed by atoms with Crippen molar-refractivity contribution in [2.45, 2.75) is 12.8 Å². The molecular weight excluding hydrogens is 278 g/mol. The van der Waals surface area contributed by atoms with Crippen LogP contribution >= 0.6 is 0 Å². The first-order valence-electron chi connectivity index (χ1n) is 7.40. The number of terminal acetylenes is 1. The number of carbonyl (C=O) groups excluding carboxylic acids is 1. The number of likely N-dealkylation sites (tertiary alicyclic amines) is 1. The topological polar surface area (TPSA) is 50.5 Å². The van der Waals surface area contributed by atoms with Crippen LogP contribution in [0.4, 0.5) is 0 Å². The van der Waals surface area contributed by atoms with E-state index in [1.54, 1.807) is 18.2 Å². The molecule has 0 bridgehead atoms. The van der Waals surface area contributed by atoms with Crippen LogP contribution in [0.3, 0.4) is 0 Å². The first-order chi connectivity index (χ1) is 10.7. The number of ketones is 1. The van der Waals surface area contributed by atoms with Crippen molar-refractivity contribution in [3.8, 4) is 12.3 Å². The molecule has 1 aromatic heterocycles. The molecule has 2 heterocycles. The molecule has 2 aromatic rings. The van der Waals surface area contributed by atoms with Gasteiger partial charge in [-0.25, -0.2) is 0 Å². The van der Waals surface area contributed by atoms with Gasteiger partial charge in [0.25, 0.3) is 0 Å². The van der Waals surface area contributed by atoms with E-state index < -0.39 is 0 Å². The van der Waals surface area contributed by atoms with E-state index in [1.807, 2.05) is 0 Å². The van der Waals surface area contributed by atoms with Crippen molar-refractivity contribution in [1.82, 2.24) is 4.90 Å². The van der Waals surface area contributed by atoms with E-state index in [9.17, 15) is 9.59 Å². The summed E-state index contributed by atoms with van der Waals surface area (Å²) in [7, 11) is 0. The van der Waals surface area contributed by atoms with Crippen molar-refractivity contribution in [1.29, 1.82) is 0 Å². The van der Waals surface area contributed by atoms with Gasteiger partial charge in [0.15, 0.2) is 11.2 Å². The molecule has 112 valence electrons. The molecule has 1 saturated heterocycles. The molecule has 0 amide bonds. The quantitative estimate of drug-likeness (QED) is 0.641. The van der Waals surface area contributed by atoms with Crippen LogP contribution in [0.2, 0.25) is 0 Å². The van der Waals surface area contributed by atoms with Crippen molar-refractivity contribution in [2.24, 2.45) is 5.92 Å². The van der Waals surface area contributed by atoms with E-state index in [2.05, 4.69) is 10.8 Å². The zero-order chi connectivity index (χ0) is 15.5. The van der Waals surface area contributed by atoms with Gasteiger partial charge < -0.3 is 9.32 Å². The van der Waals surface area contributed by atoms with Gasteiger partial charge in [-0.2, -0.15) is 0 Å². The first-order valence-corrected chi connectivity index (χ1v) is 7.40. The third-order valence-electron chi connectivity index (χ3n) is 4.14. The second kappa shape index (κ2) is 6.17. The highest BCUT2D eigenvalue weighted by Crippen LogP contribution is 2.17. The fourth-order valence-corrected chi connectivity index (χ4v) is 2.83. The highest BCUT2D eigenvalue weighted by atomic mass is 16.3. The monoisotopic (exact) mass is 295 g/mol. The lowest BCUT2D eigenvalue weighted by Crippen LogP contribution is -2.23. The fourth-order valence-electron chi connectivity index (χ4n) is 2.83. The van der Waals surface area contributed by atoms with Crippen LogP contribution in [-0.4, -0.2) is 30.3 Å². The minimum atomic E-state index is -0.132. The van der Waals surface area contributed by atoms with E-state index in [-0.39, 0.29) is 11.2 Å². The molecule has 1 fully saturated rings. The van der Waals surface area contributed by atoms with E-state index >= 15 is 0 Å². The predicted molar refractivity (Wildman–Crippen MR) is 84.8 cm³/mol. The minimum absolute atomic E-state index is 0.0364. The van der Waals surface area contributed by atoms with Crippen LogP contribution in [0, 0.1) is 18.3 Å². The molecule has 1 unspecified atom stereocenters. The van der Waals surface area contributed by atoms with Crippen molar-refractivity contribution >= 4 is 16.8 Å². The van der Waals surface area contributed by atoms with Gasteiger partial charge >= 0.3 is 0 Å². The second-order valence-corrected chi connectivity index (χ2v) is 5.62. The molecule has 1 aliphatic rings. The molecule has 4 nitrogen and oxygen atoms in total. The maximum Gasteiger partial charge on any atom is 0.192 e. The van der Waals surface area contributed by atoms with Gasteiger partial charge in [-0.1, -0.05) is 0 Å². The molecule has 22 heavy (non-hydrogen) atoms. The van der Waals surface area contributed by atoms with Gasteiger partial charge in [0.2, 0.25) is 0 Å². The molecular formula is C18H17NO3. The normalized spacial score (nSPS) is 18.4. The third kappa shape index (κ3) is 2.95. The molecule has 0 N–H and O–H groups in total. The summed E-state index contributed by atoms with van der Waals surface area (Å²) in [5.74, 6) is 3.11. The fraction of sp³-hybridized carbons (Fsp3) is 0.333. The standard InChI is InChI=1S/C18H17NO3/c1-2-13-5-8-19(12-13)9-6-16(20)14-3-4-18-15(11-14)17(21)7-10-22-18/h1,3-4,7,10-11,13H,5-6,8-9,12H2. The van der Waals surface area contributed by atoms with Crippen molar-refractivity contribution in [2.75, 3.05) is 19.6 Å². The smallest absolute Gasteiger partial charge is 0.192 e. The van der Waals surface area contributed by atoms with Crippen molar-refractivity contribution < 1.29 is 9.21 Å². The average Bonchev–Trinajstić information content (AvgIpc) is 3.01. The van der Waals surface area contributed by atoms with Crippen LogP contribution < -0.4 is 5.43 Å². The van der Waals surface area contributed by atoms with E-state index in [4.69, 9.17) is 10.8 Å². The molecule has 4 heteroatoms. The Bertz CT molecular complexity index is 800. The van der Waals surface area contributed by atoms with E-state index in [0.717, 1.165) is 19.5 Å². The summed E-state index contributed by atoms with van der Waals surface area (Å²) in [5, 5.41) is 0.446. The Hall–Kier alpha value is -2.38. The predicted octanol–water partition coefficient (Wildman–Crippen LogP) is 2.32. The Kier molecular flexibility index (Phi) is 4.08. The molecule has 1 aromatic carbocycles. The summed E-state index contributed by atoms with van der Waals surface area (Å²) in [4.78, 5) is 26.3. The van der Waals surface area contributed by atoms with E-state index in [1.165, 1.54) is 12.3 Å². The van der Waals surface area contributed by atoms with Crippen LogP contribution in [0.1, 0.15) is 23.2 Å². The summed E-state index contributed by atoms with van der Waals surface area (Å²) in [6.07, 6.45) is 8.22. The number of benzene rings is 1. The number of carbonyl (C=O) groups is 1. The summed E-state index contributed by atoms with van der Waals surface area (Å²) in [5.41, 5.74) is 0.923.